The van der Waals surface area contributed by atoms with E-state index in [2.05, 4.69) is 0 Å². The minimum atomic E-state index is -1.29. The summed E-state index contributed by atoms with van der Waals surface area (Å²) in [6, 6.07) is 13.2. The highest BCUT2D eigenvalue weighted by atomic mass is 16.5. The first-order valence-corrected chi connectivity index (χ1v) is 12.2. The van der Waals surface area contributed by atoms with Crippen molar-refractivity contribution >= 4 is 17.8 Å². The van der Waals surface area contributed by atoms with Gasteiger partial charge in [-0.25, -0.2) is 0 Å². The van der Waals surface area contributed by atoms with Crippen LogP contribution in [0.5, 0.6) is 11.5 Å². The van der Waals surface area contributed by atoms with Crippen LogP contribution in [0.1, 0.15) is 42.4 Å². The molecule has 2 aromatic rings. The van der Waals surface area contributed by atoms with Gasteiger partial charge in [0, 0.05) is 30.0 Å². The van der Waals surface area contributed by atoms with Gasteiger partial charge in [0.05, 0.1) is 18.6 Å². The van der Waals surface area contributed by atoms with Crippen LogP contribution >= 0.6 is 0 Å². The van der Waals surface area contributed by atoms with Crippen LogP contribution in [-0.4, -0.2) is 53.1 Å². The van der Waals surface area contributed by atoms with Gasteiger partial charge >= 0.3 is 0 Å². The summed E-state index contributed by atoms with van der Waals surface area (Å²) in [6.07, 6.45) is 4.14. The average molecular weight is 458 g/mol. The number of hydrogen-bond acceptors (Lipinski definition) is 5. The molecule has 2 saturated carbocycles. The Hall–Kier alpha value is -3.12. The Morgan fingerprint density at radius 1 is 1.21 bits per heavy atom. The minimum Gasteiger partial charge on any atom is -0.493 e. The Balaban J connectivity index is 1.44. The quantitative estimate of drug-likeness (QED) is 0.717. The van der Waals surface area contributed by atoms with Gasteiger partial charge in [-0.2, -0.15) is 0 Å². The number of ether oxygens (including phenoxy) is 2. The summed E-state index contributed by atoms with van der Waals surface area (Å²) in [5.41, 5.74) is 1.26. The Labute approximate surface area is 198 Å². The summed E-state index contributed by atoms with van der Waals surface area (Å²) < 4.78 is 12.0. The van der Waals surface area contributed by atoms with Crippen LogP contribution in [0.25, 0.3) is 6.08 Å². The van der Waals surface area contributed by atoms with Crippen LogP contribution < -0.4 is 9.47 Å². The van der Waals surface area contributed by atoms with E-state index in [1.54, 1.807) is 7.11 Å². The third-order valence-electron chi connectivity index (χ3n) is 8.78. The molecular formula is C28H27NO5. The molecule has 0 aromatic heterocycles. The molecule has 174 valence electrons. The van der Waals surface area contributed by atoms with E-state index in [-0.39, 0.29) is 30.1 Å². The molecule has 1 N–H and O–H groups in total. The highest BCUT2D eigenvalue weighted by Crippen LogP contribution is 2.65. The Bertz CT molecular complexity index is 1270. The van der Waals surface area contributed by atoms with Gasteiger partial charge in [0.1, 0.15) is 5.60 Å². The molecule has 5 aliphatic rings. The van der Waals surface area contributed by atoms with Gasteiger partial charge in [0.2, 0.25) is 5.91 Å². The normalized spacial score (nSPS) is 34.0. The van der Waals surface area contributed by atoms with E-state index in [0.717, 1.165) is 29.5 Å². The highest BCUT2D eigenvalue weighted by molar-refractivity contribution is 6.06. The second-order valence-electron chi connectivity index (χ2n) is 10.4. The van der Waals surface area contributed by atoms with E-state index in [1.165, 1.54) is 0 Å². The molecule has 2 bridgehead atoms. The molecule has 4 atom stereocenters. The zero-order valence-corrected chi connectivity index (χ0v) is 19.1. The zero-order valence-electron chi connectivity index (χ0n) is 19.1. The molecule has 0 unspecified atom stereocenters. The van der Waals surface area contributed by atoms with Crippen molar-refractivity contribution in [2.75, 3.05) is 13.7 Å². The number of carbonyl (C=O) groups is 2. The third kappa shape index (κ3) is 2.39. The lowest BCUT2D eigenvalue weighted by Gasteiger charge is -2.62. The number of rotatable bonds is 3. The standard InChI is InChI=1S/C28H27NO5/c1-33-20-10-9-18-14-21-28(32)15-19(13-16-5-3-2-4-6-16)23(30)25-27(28,22(18)24(20)34-25)11-12-29(21)26(31)17-7-8-17/h2-6,9-10,13,17,21,25,32H,7-8,11-12,14-15H2,1H3/b19-13+/t21-,25+,27+,28-/m1/s1. The molecule has 2 aliphatic heterocycles. The van der Waals surface area contributed by atoms with Crippen LogP contribution in [0.15, 0.2) is 48.0 Å². The van der Waals surface area contributed by atoms with E-state index in [9.17, 15) is 14.7 Å². The fourth-order valence-corrected chi connectivity index (χ4v) is 7.10. The van der Waals surface area contributed by atoms with Gasteiger partial charge in [-0.3, -0.25) is 9.59 Å². The molecule has 3 aliphatic carbocycles. The minimum absolute atomic E-state index is 0.0747. The van der Waals surface area contributed by atoms with Crippen molar-refractivity contribution in [2.45, 2.75) is 55.3 Å². The predicted octanol–water partition coefficient (Wildman–Crippen LogP) is 3.05. The number of hydrogen-bond donors (Lipinski definition) is 1. The summed E-state index contributed by atoms with van der Waals surface area (Å²) in [5.74, 6) is 1.30. The summed E-state index contributed by atoms with van der Waals surface area (Å²) in [4.78, 5) is 29.1. The molecule has 1 spiro atoms. The Morgan fingerprint density at radius 2 is 2.00 bits per heavy atom. The van der Waals surface area contributed by atoms with Crippen molar-refractivity contribution < 1.29 is 24.2 Å². The molecule has 2 aromatic carbocycles. The van der Waals surface area contributed by atoms with Crippen LogP contribution in [0.2, 0.25) is 0 Å². The number of amides is 1. The van der Waals surface area contributed by atoms with Crippen molar-refractivity contribution in [3.63, 3.8) is 0 Å². The predicted molar refractivity (Wildman–Crippen MR) is 125 cm³/mol. The van der Waals surface area contributed by atoms with Gasteiger partial charge in [-0.1, -0.05) is 36.4 Å². The molecule has 2 heterocycles. The van der Waals surface area contributed by atoms with Crippen LogP contribution in [-0.2, 0) is 21.4 Å². The highest BCUT2D eigenvalue weighted by Gasteiger charge is 2.74. The number of likely N-dealkylation sites (tertiary alicyclic amines) is 1. The lowest BCUT2D eigenvalue weighted by molar-refractivity contribution is -0.186. The maximum atomic E-state index is 13.9. The van der Waals surface area contributed by atoms with Crippen LogP contribution in [0.4, 0.5) is 0 Å². The SMILES string of the molecule is COc1ccc2c3c1O[C@H]1C(=O)/C(=C/c4ccccc4)C[C@@]4(O)[C@@H](C2)N(C(=O)C2CC2)CC[C@]314. The number of nitrogens with zero attached hydrogens (tertiary/aromatic N) is 1. The molecule has 3 fully saturated rings. The second-order valence-corrected chi connectivity index (χ2v) is 10.4. The van der Waals surface area contributed by atoms with Gasteiger partial charge in [-0.15, -0.1) is 0 Å². The van der Waals surface area contributed by atoms with Crippen LogP contribution in [0, 0.1) is 5.92 Å². The summed E-state index contributed by atoms with van der Waals surface area (Å²) in [7, 11) is 1.60. The monoisotopic (exact) mass is 457 g/mol. The van der Waals surface area contributed by atoms with E-state index < -0.39 is 17.1 Å². The van der Waals surface area contributed by atoms with E-state index in [0.29, 0.717) is 36.5 Å². The maximum absolute atomic E-state index is 13.9. The summed E-state index contributed by atoms with van der Waals surface area (Å²) >= 11 is 0. The lowest BCUT2D eigenvalue weighted by Crippen LogP contribution is -2.77. The fraction of sp³-hybridized carbons (Fsp3) is 0.429. The number of benzene rings is 2. The fourth-order valence-electron chi connectivity index (χ4n) is 7.10. The number of carbonyl (C=O) groups excluding carboxylic acids is 2. The third-order valence-corrected chi connectivity index (χ3v) is 8.78. The van der Waals surface area contributed by atoms with E-state index >= 15 is 0 Å². The molecule has 0 radical (unpaired) electrons. The number of ketones is 1. The average Bonchev–Trinajstić information content (AvgIpc) is 3.62. The van der Waals surface area contributed by atoms with E-state index in [4.69, 9.17) is 9.47 Å². The first kappa shape index (κ1) is 20.3. The number of Topliss-reactive ketones (excluding diaryl/α,β-unsaturated/α-hetero) is 1. The van der Waals surface area contributed by atoms with Crippen molar-refractivity contribution in [3.05, 3.63) is 64.7 Å². The second kappa shape index (κ2) is 6.72. The summed E-state index contributed by atoms with van der Waals surface area (Å²) in [5, 5.41) is 12.7. The largest absolute Gasteiger partial charge is 0.493 e. The topological polar surface area (TPSA) is 76.1 Å². The van der Waals surface area contributed by atoms with Crippen LogP contribution in [0.3, 0.4) is 0 Å². The summed E-state index contributed by atoms with van der Waals surface area (Å²) in [6.45, 7) is 0.531. The zero-order chi connectivity index (χ0) is 23.2. The number of aliphatic hydroxyl groups is 1. The van der Waals surface area contributed by atoms with Gasteiger partial charge in [0.15, 0.2) is 23.4 Å². The molecule has 1 amide bonds. The van der Waals surface area contributed by atoms with Gasteiger partial charge < -0.3 is 19.5 Å². The lowest BCUT2D eigenvalue weighted by atomic mass is 9.48. The van der Waals surface area contributed by atoms with Crippen molar-refractivity contribution in [2.24, 2.45) is 5.92 Å². The van der Waals surface area contributed by atoms with Crippen molar-refractivity contribution in [3.8, 4) is 11.5 Å². The Kier molecular flexibility index (Phi) is 4.01. The first-order chi connectivity index (χ1) is 16.5. The molecule has 7 rings (SSSR count). The van der Waals surface area contributed by atoms with Gasteiger partial charge in [-0.05, 0) is 49.0 Å². The molecule has 6 nitrogen and oxygen atoms in total. The van der Waals surface area contributed by atoms with Crippen molar-refractivity contribution in [1.29, 1.82) is 0 Å². The molecule has 6 heteroatoms. The number of methoxy groups -OCH3 is 1. The molecule has 1 saturated heterocycles. The number of piperidine rings is 1. The van der Waals surface area contributed by atoms with E-state index in [1.807, 2.05) is 53.4 Å². The smallest absolute Gasteiger partial charge is 0.226 e. The Morgan fingerprint density at radius 3 is 2.74 bits per heavy atom. The molecular weight excluding hydrogens is 430 g/mol. The molecule has 34 heavy (non-hydrogen) atoms. The first-order valence-electron chi connectivity index (χ1n) is 12.2. The van der Waals surface area contributed by atoms with Gasteiger partial charge in [0.25, 0.3) is 0 Å². The van der Waals surface area contributed by atoms with Crippen molar-refractivity contribution in [1.82, 2.24) is 4.90 Å². The maximum Gasteiger partial charge on any atom is 0.226 e.